The second kappa shape index (κ2) is 9.68. The molecule has 2 aromatic rings. The lowest BCUT2D eigenvalue weighted by Gasteiger charge is -2.24. The summed E-state index contributed by atoms with van der Waals surface area (Å²) in [7, 11) is 0. The quantitative estimate of drug-likeness (QED) is 0.417. The van der Waals surface area contributed by atoms with Crippen LogP contribution >= 0.6 is 15.9 Å². The third-order valence-corrected chi connectivity index (χ3v) is 5.25. The molecule has 154 valence electrons. The summed E-state index contributed by atoms with van der Waals surface area (Å²) in [5.74, 6) is 0. The lowest BCUT2D eigenvalue weighted by Crippen LogP contribution is -2.20. The summed E-state index contributed by atoms with van der Waals surface area (Å²) in [6, 6.07) is 8.41. The maximum Gasteiger partial charge on any atom is 0.416 e. The van der Waals surface area contributed by atoms with Gasteiger partial charge in [0.2, 0.25) is 0 Å². The van der Waals surface area contributed by atoms with Gasteiger partial charge in [-0.3, -0.25) is 0 Å². The number of nitrogens with one attached hydrogen (secondary N) is 2. The van der Waals surface area contributed by atoms with Gasteiger partial charge in [-0.25, -0.2) is 0 Å². The lowest BCUT2D eigenvalue weighted by molar-refractivity contribution is -0.137. The second-order valence-corrected chi connectivity index (χ2v) is 8.13. The highest BCUT2D eigenvalue weighted by atomic mass is 79.9. The molecule has 0 unspecified atom stereocenters. The van der Waals surface area contributed by atoms with Crippen LogP contribution in [0.4, 0.5) is 30.2 Å². The van der Waals surface area contributed by atoms with Crippen molar-refractivity contribution in [1.82, 2.24) is 0 Å². The molecule has 0 saturated carbocycles. The van der Waals surface area contributed by atoms with E-state index in [2.05, 4.69) is 40.4 Å². The van der Waals surface area contributed by atoms with Gasteiger partial charge in [-0.2, -0.15) is 13.2 Å². The fourth-order valence-electron chi connectivity index (χ4n) is 3.30. The van der Waals surface area contributed by atoms with Crippen molar-refractivity contribution in [2.45, 2.75) is 65.6 Å². The number of anilines is 3. The predicted molar refractivity (Wildman–Crippen MR) is 116 cm³/mol. The third kappa shape index (κ3) is 5.90. The summed E-state index contributed by atoms with van der Waals surface area (Å²) in [6.07, 6.45) is -0.598. The van der Waals surface area contributed by atoms with E-state index in [1.54, 1.807) is 6.92 Å². The first kappa shape index (κ1) is 22.6. The van der Waals surface area contributed by atoms with Gasteiger partial charge in [-0.1, -0.05) is 48.7 Å². The van der Waals surface area contributed by atoms with Crippen LogP contribution in [0.3, 0.4) is 0 Å². The van der Waals surface area contributed by atoms with Gasteiger partial charge in [-0.15, -0.1) is 0 Å². The maximum absolute atomic E-state index is 13.4. The van der Waals surface area contributed by atoms with E-state index in [0.29, 0.717) is 16.9 Å². The number of benzene rings is 2. The van der Waals surface area contributed by atoms with Gasteiger partial charge in [0, 0.05) is 16.2 Å². The Morgan fingerprint density at radius 2 is 1.57 bits per heavy atom. The smallest absolute Gasteiger partial charge is 0.381 e. The summed E-state index contributed by atoms with van der Waals surface area (Å²) < 4.78 is 41.1. The maximum atomic E-state index is 13.4. The molecule has 0 spiro atoms. The Balaban J connectivity index is 2.51. The topological polar surface area (TPSA) is 24.1 Å². The van der Waals surface area contributed by atoms with E-state index in [0.717, 1.165) is 41.4 Å². The normalized spacial score (nSPS) is 11.8. The first-order valence-corrected chi connectivity index (χ1v) is 10.5. The van der Waals surface area contributed by atoms with Gasteiger partial charge < -0.3 is 10.6 Å². The Labute approximate surface area is 174 Å². The van der Waals surface area contributed by atoms with Crippen molar-refractivity contribution in [3.8, 4) is 0 Å². The van der Waals surface area contributed by atoms with E-state index in [1.807, 2.05) is 25.1 Å². The number of aryl methyl sites for hydroxylation is 2. The molecular formula is C22H28BrF3N2. The highest BCUT2D eigenvalue weighted by Gasteiger charge is 2.32. The largest absolute Gasteiger partial charge is 0.416 e. The van der Waals surface area contributed by atoms with Crippen LogP contribution in [0.1, 0.15) is 56.2 Å². The fourth-order valence-corrected chi connectivity index (χ4v) is 3.66. The molecule has 0 aliphatic carbocycles. The van der Waals surface area contributed by atoms with Crippen LogP contribution in [0.5, 0.6) is 0 Å². The zero-order valence-electron chi connectivity index (χ0n) is 16.8. The molecule has 2 rings (SSSR count). The van der Waals surface area contributed by atoms with Gasteiger partial charge in [0.1, 0.15) is 0 Å². The summed E-state index contributed by atoms with van der Waals surface area (Å²) in [4.78, 5) is 0. The van der Waals surface area contributed by atoms with Crippen molar-refractivity contribution in [1.29, 1.82) is 0 Å². The molecule has 0 saturated heterocycles. The van der Waals surface area contributed by atoms with Crippen LogP contribution < -0.4 is 10.6 Å². The fraction of sp³-hybridized carbons (Fsp3) is 0.455. The Hall–Kier alpha value is -1.69. The van der Waals surface area contributed by atoms with E-state index in [1.165, 1.54) is 12.1 Å². The molecule has 0 bridgehead atoms. The molecular weight excluding hydrogens is 429 g/mol. The van der Waals surface area contributed by atoms with E-state index in [-0.39, 0.29) is 6.04 Å². The molecule has 0 fully saturated rings. The van der Waals surface area contributed by atoms with Crippen LogP contribution in [0, 0.1) is 13.8 Å². The number of hydrogen-bond acceptors (Lipinski definition) is 2. The van der Waals surface area contributed by atoms with Crippen LogP contribution in [-0.2, 0) is 6.18 Å². The van der Waals surface area contributed by atoms with Crippen molar-refractivity contribution < 1.29 is 13.2 Å². The predicted octanol–water partition coefficient (Wildman–Crippen LogP) is 8.21. The Morgan fingerprint density at radius 1 is 0.929 bits per heavy atom. The molecule has 0 aliphatic heterocycles. The van der Waals surface area contributed by atoms with Gasteiger partial charge in [-0.05, 0) is 62.1 Å². The Bertz CT molecular complexity index is 797. The number of halogens is 4. The van der Waals surface area contributed by atoms with Crippen molar-refractivity contribution in [3.63, 3.8) is 0 Å². The number of rotatable bonds is 8. The Morgan fingerprint density at radius 3 is 2.14 bits per heavy atom. The molecule has 6 heteroatoms. The van der Waals surface area contributed by atoms with E-state index < -0.39 is 11.7 Å². The summed E-state index contributed by atoms with van der Waals surface area (Å²) in [5, 5.41) is 6.74. The summed E-state index contributed by atoms with van der Waals surface area (Å²) >= 11 is 3.46. The minimum atomic E-state index is -4.38. The van der Waals surface area contributed by atoms with Gasteiger partial charge in [0.25, 0.3) is 0 Å². The van der Waals surface area contributed by atoms with E-state index in [9.17, 15) is 13.2 Å². The third-order valence-electron chi connectivity index (χ3n) is 4.76. The molecule has 0 heterocycles. The second-order valence-electron chi connectivity index (χ2n) is 7.22. The highest BCUT2D eigenvalue weighted by Crippen LogP contribution is 2.39. The molecule has 2 nitrogen and oxygen atoms in total. The van der Waals surface area contributed by atoms with Crippen LogP contribution in [0.2, 0.25) is 0 Å². The number of alkyl halides is 3. The Kier molecular flexibility index (Phi) is 7.81. The zero-order chi connectivity index (χ0) is 20.9. The van der Waals surface area contributed by atoms with Crippen molar-refractivity contribution in [2.24, 2.45) is 0 Å². The molecule has 0 aliphatic rings. The molecule has 28 heavy (non-hydrogen) atoms. The molecule has 2 aromatic carbocycles. The van der Waals surface area contributed by atoms with Crippen LogP contribution in [0.25, 0.3) is 0 Å². The summed E-state index contributed by atoms with van der Waals surface area (Å²) in [5.41, 5.74) is 3.00. The van der Waals surface area contributed by atoms with E-state index in [4.69, 9.17) is 0 Å². The standard InChI is InChI=1S/C22H28BrF3N2/c1-5-7-18(8-6-2)27-20-12-16(22(24,25)26)11-15(4)21(20)28-19-13-17(23)10-9-14(19)3/h9-13,18,27-28H,5-8H2,1-4H3. The van der Waals surface area contributed by atoms with Crippen LogP contribution in [0.15, 0.2) is 34.8 Å². The first-order chi connectivity index (χ1) is 13.2. The van der Waals surface area contributed by atoms with Gasteiger partial charge in [0.15, 0.2) is 0 Å². The molecule has 0 radical (unpaired) electrons. The molecule has 0 atom stereocenters. The molecule has 2 N–H and O–H groups in total. The monoisotopic (exact) mass is 456 g/mol. The highest BCUT2D eigenvalue weighted by molar-refractivity contribution is 9.10. The molecule has 0 aromatic heterocycles. The van der Waals surface area contributed by atoms with E-state index >= 15 is 0 Å². The van der Waals surface area contributed by atoms with Crippen molar-refractivity contribution >= 4 is 33.0 Å². The van der Waals surface area contributed by atoms with Crippen LogP contribution in [-0.4, -0.2) is 6.04 Å². The summed E-state index contributed by atoms with van der Waals surface area (Å²) in [6.45, 7) is 7.86. The molecule has 0 amide bonds. The number of hydrogen-bond donors (Lipinski definition) is 2. The van der Waals surface area contributed by atoms with Crippen molar-refractivity contribution in [3.05, 3.63) is 51.5 Å². The SMILES string of the molecule is CCCC(CCC)Nc1cc(C(F)(F)F)cc(C)c1Nc1cc(Br)ccc1C. The average molecular weight is 457 g/mol. The van der Waals surface area contributed by atoms with Gasteiger partial charge in [0.05, 0.1) is 16.9 Å². The minimum absolute atomic E-state index is 0.141. The first-order valence-electron chi connectivity index (χ1n) is 9.67. The van der Waals surface area contributed by atoms with Gasteiger partial charge >= 0.3 is 6.18 Å². The van der Waals surface area contributed by atoms with Crippen molar-refractivity contribution in [2.75, 3.05) is 10.6 Å². The minimum Gasteiger partial charge on any atom is -0.381 e. The average Bonchev–Trinajstić information content (AvgIpc) is 2.60. The lowest BCUT2D eigenvalue weighted by atomic mass is 10.0. The zero-order valence-corrected chi connectivity index (χ0v) is 18.4.